The summed E-state index contributed by atoms with van der Waals surface area (Å²) in [5.41, 5.74) is 8.44. The van der Waals surface area contributed by atoms with Crippen LogP contribution >= 0.6 is 23.2 Å². The third kappa shape index (κ3) is 6.59. The number of likely N-dealkylation sites (tertiary alicyclic amines) is 1. The molecule has 15 heteroatoms. The molecule has 2 aliphatic heterocycles. The van der Waals surface area contributed by atoms with Crippen LogP contribution in [0.4, 0.5) is 10.5 Å². The average molecular weight is 622 g/mol. The maximum atomic E-state index is 13.1. The van der Waals surface area contributed by atoms with E-state index in [0.717, 1.165) is 0 Å². The third-order valence-corrected chi connectivity index (χ3v) is 8.04. The maximum absolute atomic E-state index is 13.1. The molecule has 0 aliphatic carbocycles. The van der Waals surface area contributed by atoms with Crippen molar-refractivity contribution >= 4 is 58.9 Å². The zero-order valence-corrected chi connectivity index (χ0v) is 23.9. The molecular weight excluding hydrogens is 591 g/mol. The summed E-state index contributed by atoms with van der Waals surface area (Å²) in [5.74, 6) is -2.52. The number of carbonyl (C=O) groups excluding carboxylic acids is 3. The van der Waals surface area contributed by atoms with Crippen molar-refractivity contribution in [3.63, 3.8) is 0 Å². The molecule has 2 aliphatic rings. The van der Waals surface area contributed by atoms with Crippen LogP contribution in [-0.2, 0) is 17.8 Å². The van der Waals surface area contributed by atoms with Gasteiger partial charge in [0.15, 0.2) is 6.21 Å². The van der Waals surface area contributed by atoms with E-state index in [-0.39, 0.29) is 47.6 Å². The fraction of sp³-hybridized carbons (Fsp3) is 0.370. The number of fused-ring (bicyclic) bond motifs is 1. The number of anilines is 1. The van der Waals surface area contributed by atoms with Crippen LogP contribution in [0.15, 0.2) is 24.3 Å². The van der Waals surface area contributed by atoms with Crippen LogP contribution in [0.1, 0.15) is 43.8 Å². The summed E-state index contributed by atoms with van der Waals surface area (Å²) in [5, 5.41) is 39.4. The minimum Gasteiger partial charge on any atom is -0.480 e. The lowest BCUT2D eigenvalue weighted by molar-refractivity contribution is -0.139. The normalized spacial score (nSPS) is 19.0. The molecule has 2 aromatic rings. The number of aliphatic hydroxyl groups is 2. The van der Waals surface area contributed by atoms with Crippen molar-refractivity contribution in [2.45, 2.75) is 37.6 Å². The highest BCUT2D eigenvalue weighted by Crippen LogP contribution is 2.35. The van der Waals surface area contributed by atoms with E-state index in [1.807, 2.05) is 0 Å². The Labute approximate surface area is 250 Å². The highest BCUT2D eigenvalue weighted by molar-refractivity contribution is 6.40. The Hall–Kier alpha value is -3.91. The van der Waals surface area contributed by atoms with E-state index >= 15 is 0 Å². The van der Waals surface area contributed by atoms with Gasteiger partial charge in [-0.2, -0.15) is 0 Å². The zero-order chi connectivity index (χ0) is 30.7. The summed E-state index contributed by atoms with van der Waals surface area (Å²) < 4.78 is 0. The minimum atomic E-state index is -1.52. The fourth-order valence-corrected chi connectivity index (χ4v) is 5.67. The number of benzene rings is 2. The summed E-state index contributed by atoms with van der Waals surface area (Å²) >= 11 is 13.0. The predicted molar refractivity (Wildman–Crippen MR) is 153 cm³/mol. The van der Waals surface area contributed by atoms with E-state index in [0.29, 0.717) is 40.9 Å². The Balaban J connectivity index is 1.44. The van der Waals surface area contributed by atoms with Gasteiger partial charge in [-0.15, -0.1) is 0 Å². The second kappa shape index (κ2) is 12.9. The lowest BCUT2D eigenvalue weighted by atomic mass is 9.95. The average Bonchev–Trinajstić information content (AvgIpc) is 2.95. The molecule has 3 atom stereocenters. The monoisotopic (exact) mass is 621 g/mol. The molecule has 0 bridgehead atoms. The molecule has 0 aromatic heterocycles. The Morgan fingerprint density at radius 2 is 1.86 bits per heavy atom. The van der Waals surface area contributed by atoms with Crippen LogP contribution in [0.5, 0.6) is 0 Å². The number of nitrogens with one attached hydrogen (secondary N) is 2. The van der Waals surface area contributed by atoms with E-state index in [9.17, 15) is 34.5 Å². The van der Waals surface area contributed by atoms with E-state index in [4.69, 9.17) is 34.3 Å². The number of carboxylic acid groups (broad SMARTS) is 1. The van der Waals surface area contributed by atoms with Gasteiger partial charge < -0.3 is 41.5 Å². The smallest absolute Gasteiger partial charge is 0.328 e. The molecular formula is C27H31Cl2N6O7+. The van der Waals surface area contributed by atoms with Crippen molar-refractivity contribution < 1.29 is 39.9 Å². The van der Waals surface area contributed by atoms with Crippen molar-refractivity contribution in [1.29, 1.82) is 0 Å². The van der Waals surface area contributed by atoms with E-state index < -0.39 is 42.7 Å². The van der Waals surface area contributed by atoms with Gasteiger partial charge in [-0.05, 0) is 48.2 Å². The van der Waals surface area contributed by atoms with Gasteiger partial charge in [-0.3, -0.25) is 15.0 Å². The number of urea groups is 1. The lowest BCUT2D eigenvalue weighted by Crippen LogP contribution is -2.55. The van der Waals surface area contributed by atoms with Gasteiger partial charge in [0.05, 0.1) is 46.5 Å². The number of nitrogens with two attached hydrogens (primary N) is 2. The van der Waals surface area contributed by atoms with Crippen LogP contribution < -0.4 is 21.8 Å². The SMILES string of the molecule is Nc1cc(C(=O)N2CCc3c(cc(Cl)c(C(=O)N[C@@H](CNC(=O)N4CC[C@@H](O)[C@@H](O)C4)C(=O)O)c3Cl)C2)ccc1C=[NH2+]. The van der Waals surface area contributed by atoms with Gasteiger partial charge in [-0.1, -0.05) is 23.2 Å². The number of β-amino-alcohol motifs (C(OH)–C–C–N with tert-alkyl or cyclic N) is 1. The Kier molecular flexibility index (Phi) is 9.57. The second-order valence-electron chi connectivity index (χ2n) is 10.1. The Bertz CT molecular complexity index is 1440. The topological polar surface area (TPSA) is 211 Å². The minimum absolute atomic E-state index is 0.0355. The van der Waals surface area contributed by atoms with Crippen LogP contribution in [0, 0.1) is 0 Å². The molecule has 2 heterocycles. The predicted octanol–water partition coefficient (Wildman–Crippen LogP) is -0.728. The Morgan fingerprint density at radius 3 is 2.50 bits per heavy atom. The first-order valence-electron chi connectivity index (χ1n) is 13.1. The highest BCUT2D eigenvalue weighted by Gasteiger charge is 2.32. The maximum Gasteiger partial charge on any atom is 0.328 e. The van der Waals surface area contributed by atoms with Crippen molar-refractivity contribution in [1.82, 2.24) is 20.4 Å². The van der Waals surface area contributed by atoms with Crippen molar-refractivity contribution in [3.8, 4) is 0 Å². The summed E-state index contributed by atoms with van der Waals surface area (Å²) in [6.45, 7) is 0.0664. The zero-order valence-electron chi connectivity index (χ0n) is 22.3. The molecule has 42 heavy (non-hydrogen) atoms. The number of carbonyl (C=O) groups is 4. The summed E-state index contributed by atoms with van der Waals surface area (Å²) in [6, 6.07) is 4.17. The molecule has 1 fully saturated rings. The van der Waals surface area contributed by atoms with Gasteiger partial charge in [0.2, 0.25) is 0 Å². The van der Waals surface area contributed by atoms with E-state index in [1.165, 1.54) is 17.2 Å². The number of hydrogen-bond acceptors (Lipinski definition) is 7. The summed E-state index contributed by atoms with van der Waals surface area (Å²) in [7, 11) is 0. The van der Waals surface area contributed by atoms with Gasteiger partial charge in [0, 0.05) is 30.9 Å². The Morgan fingerprint density at radius 1 is 1.12 bits per heavy atom. The lowest BCUT2D eigenvalue weighted by Gasteiger charge is -2.33. The van der Waals surface area contributed by atoms with Crippen LogP contribution in [0.3, 0.4) is 0 Å². The van der Waals surface area contributed by atoms with Crippen LogP contribution in [-0.4, -0.2) is 99.6 Å². The molecule has 2 aromatic carbocycles. The third-order valence-electron chi connectivity index (χ3n) is 7.33. The number of nitrogen functional groups attached to an aromatic ring is 1. The second-order valence-corrected chi connectivity index (χ2v) is 10.9. The van der Waals surface area contributed by atoms with E-state index in [1.54, 1.807) is 23.1 Å². The number of halogens is 2. The van der Waals surface area contributed by atoms with Gasteiger partial charge in [0.1, 0.15) is 6.04 Å². The van der Waals surface area contributed by atoms with Gasteiger partial charge >= 0.3 is 12.0 Å². The molecule has 13 nitrogen and oxygen atoms in total. The standard InChI is InChI=1S/C27H30Cl2N6O7/c28-17-7-15-11-34(25(39)13-1-2-14(9-30)18(31)8-13)5-3-16(15)23(29)22(17)24(38)33-19(26(40)41)10-32-27(42)35-6-4-20(36)21(37)12-35/h1-2,7-9,19-21,30,36-37H,3-6,10-12,31H2,(H,32,42)(H,33,38)(H,40,41)/p+1/t19-,20+,21-/m0/s1. The number of carboxylic acids is 1. The van der Waals surface area contributed by atoms with E-state index in [2.05, 4.69) is 10.6 Å². The molecule has 224 valence electrons. The number of rotatable bonds is 7. The van der Waals surface area contributed by atoms with Gasteiger partial charge in [0.25, 0.3) is 11.8 Å². The first kappa shape index (κ1) is 31.0. The molecule has 1 saturated heterocycles. The number of amides is 4. The van der Waals surface area contributed by atoms with Crippen molar-refractivity contribution in [2.24, 2.45) is 0 Å². The van der Waals surface area contributed by atoms with Gasteiger partial charge in [-0.25, -0.2) is 9.59 Å². The molecule has 0 saturated carbocycles. The van der Waals surface area contributed by atoms with Crippen molar-refractivity contribution in [2.75, 3.05) is 31.9 Å². The summed E-state index contributed by atoms with van der Waals surface area (Å²) in [4.78, 5) is 53.4. The first-order chi connectivity index (χ1) is 19.9. The summed E-state index contributed by atoms with van der Waals surface area (Å²) in [6.07, 6.45) is -0.220. The number of piperidine rings is 1. The van der Waals surface area contributed by atoms with Crippen LogP contribution in [0.2, 0.25) is 10.0 Å². The molecule has 9 N–H and O–H groups in total. The molecule has 4 rings (SSSR count). The molecule has 0 radical (unpaired) electrons. The van der Waals surface area contributed by atoms with Crippen LogP contribution in [0.25, 0.3) is 0 Å². The van der Waals surface area contributed by atoms with Crippen molar-refractivity contribution in [3.05, 3.63) is 62.1 Å². The number of hydrogen-bond donors (Lipinski definition) is 7. The highest BCUT2D eigenvalue weighted by atomic mass is 35.5. The molecule has 4 amide bonds. The molecule has 0 unspecified atom stereocenters. The number of aliphatic carboxylic acids is 1. The first-order valence-corrected chi connectivity index (χ1v) is 13.8. The number of nitrogens with zero attached hydrogens (tertiary/aromatic N) is 2. The fourth-order valence-electron chi connectivity index (χ4n) is 4.91. The quantitative estimate of drug-likeness (QED) is 0.154. The molecule has 0 spiro atoms. The largest absolute Gasteiger partial charge is 0.480 e. The number of aliphatic hydroxyl groups excluding tert-OH is 2.